The Morgan fingerprint density at radius 1 is 0.336 bits per heavy atom. The van der Waals surface area contributed by atoms with Crippen molar-refractivity contribution in [2.24, 2.45) is 42.3 Å². The second kappa shape index (κ2) is 53.9. The van der Waals surface area contributed by atoms with Gasteiger partial charge in [-0.1, -0.05) is 239 Å². The van der Waals surface area contributed by atoms with Gasteiger partial charge >= 0.3 is 31.1 Å². The van der Waals surface area contributed by atoms with Crippen molar-refractivity contribution in [1.29, 1.82) is 0 Å². The molecule has 0 saturated carbocycles. The van der Waals surface area contributed by atoms with Gasteiger partial charge in [0.15, 0.2) is 5.82 Å². The fourth-order valence-electron chi connectivity index (χ4n) is 13.7. The van der Waals surface area contributed by atoms with Crippen LogP contribution >= 0.6 is 11.3 Å². The molecule has 0 amide bonds. The normalized spacial score (nSPS) is 9.80. The van der Waals surface area contributed by atoms with Gasteiger partial charge < -0.3 is 8.98 Å². The van der Waals surface area contributed by atoms with E-state index in [2.05, 4.69) is 239 Å². The third-order valence-electron chi connectivity index (χ3n) is 19.3. The van der Waals surface area contributed by atoms with Crippen LogP contribution in [0, 0.1) is 69.2 Å². The van der Waals surface area contributed by atoms with E-state index in [0.717, 1.165) is 56.2 Å². The van der Waals surface area contributed by atoms with Crippen molar-refractivity contribution >= 4 is 103 Å². The van der Waals surface area contributed by atoms with Crippen molar-refractivity contribution in [1.82, 2.24) is 62.7 Å². The average molecular weight is 1680 g/mol. The van der Waals surface area contributed by atoms with E-state index in [1.807, 2.05) is 284 Å². The summed E-state index contributed by atoms with van der Waals surface area (Å²) >= 11 is 1.84. The van der Waals surface area contributed by atoms with Gasteiger partial charge in [0.05, 0.1) is 33.5 Å². The van der Waals surface area contributed by atoms with Crippen LogP contribution in [0.25, 0.3) is 114 Å². The van der Waals surface area contributed by atoms with Gasteiger partial charge in [-0.15, -0.1) is 34.6 Å². The maximum atomic E-state index is 5.94. The van der Waals surface area contributed by atoms with Crippen LogP contribution in [-0.4, -0.2) is 62.7 Å². The van der Waals surface area contributed by atoms with Crippen molar-refractivity contribution in [3.8, 4) is 22.9 Å². The lowest BCUT2D eigenvalue weighted by atomic mass is 9.90. The Morgan fingerprint density at radius 3 is 1.26 bits per heavy atom. The highest BCUT2D eigenvalue weighted by molar-refractivity contribution is 7.25. The molecule has 122 heavy (non-hydrogen) atoms. The standard InChI is InChI=1S/C21H24N3.C17H17N4.C16H14N3O.C16H14N3S.C8H10N5.12C2H6/c1-11-9-8-10-17-18-14(4)12(2)13(3)15(5)19(18)21-22-16(6)23(7)24(21)20(11)17;1-12-8-14-13-6-4-5-7-15(13)20(3)17(14)9-16(12)21-11-18-10-19(21)2;2*1-11-7-13-12-5-3-4-6-15(12)20-16(13)8-14(11)19-10-17-9-18(19)2;1-7-3-9-4-11-8(7)13-6-10-5-12(13)2;12*1-2/h8-10H,1-7H3;4-11H,1-3H3;2*3-10H,1-2H3;3-6H,1-2H3;12*1-2H3/q5*+1;;;;;;;;;;;;. The number of benzene rings is 8. The van der Waals surface area contributed by atoms with Crippen LogP contribution in [0.1, 0.15) is 222 Å². The van der Waals surface area contributed by atoms with E-state index in [0.29, 0.717) is 0 Å². The van der Waals surface area contributed by atoms with Gasteiger partial charge in [0.25, 0.3) is 5.65 Å². The Hall–Kier alpha value is -11.6. The van der Waals surface area contributed by atoms with Crippen LogP contribution in [0.4, 0.5) is 0 Å². The molecule has 10 heterocycles. The summed E-state index contributed by atoms with van der Waals surface area (Å²) in [6, 6.07) is 45.2. The summed E-state index contributed by atoms with van der Waals surface area (Å²) in [5.74, 6) is 1.89. The summed E-state index contributed by atoms with van der Waals surface area (Å²) in [5.41, 5.74) is 21.6. The zero-order chi connectivity index (χ0) is 92.5. The van der Waals surface area contributed by atoms with Crippen molar-refractivity contribution in [2.75, 3.05) is 0 Å². The third-order valence-corrected chi connectivity index (χ3v) is 20.4. The molecule has 19 nitrogen and oxygen atoms in total. The Balaban J connectivity index is 0.000000489. The smallest absolute Gasteiger partial charge is 0.316 e. The Morgan fingerprint density at radius 2 is 0.762 bits per heavy atom. The summed E-state index contributed by atoms with van der Waals surface area (Å²) in [7, 11) is 12.1. The van der Waals surface area contributed by atoms with Crippen LogP contribution in [0.2, 0.25) is 0 Å². The van der Waals surface area contributed by atoms with E-state index < -0.39 is 0 Å². The highest BCUT2D eigenvalue weighted by Gasteiger charge is 2.26. The highest BCUT2D eigenvalue weighted by atomic mass is 32.1. The quantitative estimate of drug-likeness (QED) is 0.125. The maximum Gasteiger partial charge on any atom is 0.316 e. The number of nitrogens with zero attached hydrogens (tertiary/aromatic N) is 18. The first kappa shape index (κ1) is 106. The van der Waals surface area contributed by atoms with Crippen LogP contribution in [-0.2, 0) is 42.3 Å². The minimum atomic E-state index is 0.856. The molecule has 0 fully saturated rings. The lowest BCUT2D eigenvalue weighted by molar-refractivity contribution is -0.745. The number of furan rings is 1. The summed E-state index contributed by atoms with van der Waals surface area (Å²) < 4.78 is 31.1. The monoisotopic (exact) mass is 1680 g/mol. The fourth-order valence-corrected chi connectivity index (χ4v) is 14.8. The first-order valence-corrected chi connectivity index (χ1v) is 45.4. The van der Waals surface area contributed by atoms with Gasteiger partial charge in [-0.2, -0.15) is 23.4 Å². The number of fused-ring (bicyclic) bond motifs is 15. The lowest BCUT2D eigenvalue weighted by Gasteiger charge is -2.16. The van der Waals surface area contributed by atoms with Gasteiger partial charge in [0, 0.05) is 89.8 Å². The van der Waals surface area contributed by atoms with Crippen molar-refractivity contribution in [3.05, 3.63) is 246 Å². The van der Waals surface area contributed by atoms with Gasteiger partial charge in [0.1, 0.15) is 52.7 Å². The Kier molecular flexibility index (Phi) is 47.0. The molecule has 0 aliphatic heterocycles. The summed E-state index contributed by atoms with van der Waals surface area (Å²) in [4.78, 5) is 29.6. The highest BCUT2D eigenvalue weighted by Crippen LogP contribution is 2.39. The number of aromatic nitrogens is 18. The molecule has 0 aliphatic carbocycles. The van der Waals surface area contributed by atoms with Gasteiger partial charge in [0.2, 0.25) is 25.3 Å². The van der Waals surface area contributed by atoms with Crippen LogP contribution in [0.15, 0.2) is 195 Å². The van der Waals surface area contributed by atoms with E-state index in [-0.39, 0.29) is 0 Å². The molecule has 0 atom stereocenters. The number of hydrogen-bond acceptors (Lipinski definition) is 9. The van der Waals surface area contributed by atoms with Crippen molar-refractivity contribution in [3.63, 3.8) is 0 Å². The summed E-state index contributed by atoms with van der Waals surface area (Å²) in [6.07, 6.45) is 17.7. The largest absolute Gasteiger partial charge is 0.456 e. The molecule has 20 heteroatoms. The minimum absolute atomic E-state index is 0.856. The molecule has 8 aromatic carbocycles. The predicted octanol–water partition coefficient (Wildman–Crippen LogP) is 25.4. The van der Waals surface area contributed by atoms with Crippen molar-refractivity contribution in [2.45, 2.75) is 235 Å². The molecule has 18 aromatic rings. The van der Waals surface area contributed by atoms with Crippen LogP contribution in [0.5, 0.6) is 0 Å². The Bertz CT molecular complexity index is 5980. The van der Waals surface area contributed by atoms with E-state index >= 15 is 0 Å². The van der Waals surface area contributed by atoms with E-state index in [4.69, 9.17) is 9.40 Å². The van der Waals surface area contributed by atoms with Crippen LogP contribution < -0.4 is 23.4 Å². The number of para-hydroxylation sites is 3. The zero-order valence-corrected chi connectivity index (χ0v) is 83.1. The fraction of sp³-hybridized carbons (Fsp3) is 0.392. The maximum absolute atomic E-state index is 5.94. The molecule has 0 spiro atoms. The molecule has 656 valence electrons. The van der Waals surface area contributed by atoms with Crippen molar-refractivity contribution < 1.29 is 27.8 Å². The first-order valence-electron chi connectivity index (χ1n) is 44.6. The minimum Gasteiger partial charge on any atom is -0.456 e. The Labute approximate surface area is 735 Å². The molecule has 0 radical (unpaired) electrons. The topological polar surface area (TPSA) is 152 Å². The van der Waals surface area contributed by atoms with Gasteiger partial charge in [-0.25, -0.2) is 9.97 Å². The molecule has 0 aliphatic rings. The number of thiophene rings is 1. The van der Waals surface area contributed by atoms with E-state index in [9.17, 15) is 0 Å². The second-order valence-electron chi connectivity index (χ2n) is 25.5. The SMILES string of the molecule is CC.CC.CC.CC.CC.CC.CC.CC.CC.CC.CC.CC.Cc1c(C)c(C)c2c(c1C)c1cccc(C)c1n1c2nc(C)[n+]1C.Cc1cc2c(cc1-n1cnc[n+]1C)oc1ccccc12.Cc1cc2c(cc1-n1cnc[n+]1C)sc1ccccc12.Cc1cc2c3ccccc3n(C)c2cc1-n1cnc[n+]1C.Cc1cncnc1-n1cnc[n+]1C. The van der Waals surface area contributed by atoms with Crippen LogP contribution in [0.3, 0.4) is 0 Å². The molecule has 0 bridgehead atoms. The molecule has 0 unspecified atom stereocenters. The summed E-state index contributed by atoms with van der Waals surface area (Å²) in [5, 5.41) is 11.6. The lowest BCUT2D eigenvalue weighted by Crippen LogP contribution is -2.37. The molecule has 0 saturated heterocycles. The van der Waals surface area contributed by atoms with Gasteiger partial charge in [-0.3, -0.25) is 0 Å². The number of pyridine rings is 1. The predicted molar refractivity (Wildman–Crippen MR) is 524 cm³/mol. The third kappa shape index (κ3) is 23.5. The summed E-state index contributed by atoms with van der Waals surface area (Å²) in [6.45, 7) is 69.6. The molecular weight excluding hydrogens is 1530 g/mol. The number of rotatable bonds is 4. The molecular formula is C102H151N18OS+5. The number of hydrogen-bond donors (Lipinski definition) is 0. The molecule has 10 aromatic heterocycles. The van der Waals surface area contributed by atoms with E-state index in [1.165, 1.54) is 120 Å². The zero-order valence-electron chi connectivity index (χ0n) is 82.3. The average Bonchev–Trinajstić information content (AvgIpc) is 1.43. The van der Waals surface area contributed by atoms with Gasteiger partial charge in [-0.05, 0) is 180 Å². The second-order valence-corrected chi connectivity index (χ2v) is 26.5. The number of aryl methyl sites for hydroxylation is 14. The van der Waals surface area contributed by atoms with E-state index in [1.54, 1.807) is 31.5 Å². The molecule has 18 rings (SSSR count). The molecule has 0 N–H and O–H groups in total. The first-order chi connectivity index (χ1) is 59.3.